The summed E-state index contributed by atoms with van der Waals surface area (Å²) < 4.78 is 0. The zero-order valence-electron chi connectivity index (χ0n) is 12.3. The van der Waals surface area contributed by atoms with Gasteiger partial charge in [0.1, 0.15) is 0 Å². The van der Waals surface area contributed by atoms with E-state index in [1.165, 1.54) is 0 Å². The topological polar surface area (TPSA) is 73.1 Å². The monoisotopic (exact) mass is 302 g/mol. The summed E-state index contributed by atoms with van der Waals surface area (Å²) in [7, 11) is 0. The van der Waals surface area contributed by atoms with Gasteiger partial charge in [0.2, 0.25) is 0 Å². The van der Waals surface area contributed by atoms with Gasteiger partial charge in [-0.15, -0.1) is 0 Å². The first-order valence-corrected chi connectivity index (χ1v) is 7.14. The van der Waals surface area contributed by atoms with Crippen LogP contribution in [0.4, 0.5) is 5.69 Å². The number of rotatable bonds is 3. The molecule has 0 bridgehead atoms. The van der Waals surface area contributed by atoms with E-state index in [0.717, 1.165) is 16.3 Å². The second kappa shape index (κ2) is 6.30. The molecule has 4 nitrogen and oxygen atoms in total. The highest BCUT2D eigenvalue weighted by atomic mass is 16.3. The number of benzene rings is 3. The molecule has 0 heterocycles. The molecular weight excluding hydrogens is 288 g/mol. The van der Waals surface area contributed by atoms with Crippen LogP contribution in [0.15, 0.2) is 60.7 Å². The zero-order chi connectivity index (χ0) is 16.2. The van der Waals surface area contributed by atoms with E-state index in [4.69, 9.17) is 10.4 Å². The van der Waals surface area contributed by atoms with Crippen molar-refractivity contribution in [1.29, 1.82) is 5.26 Å². The zero-order valence-corrected chi connectivity index (χ0v) is 12.3. The van der Waals surface area contributed by atoms with E-state index in [-0.39, 0.29) is 12.5 Å². The second-order valence-corrected chi connectivity index (χ2v) is 5.20. The molecule has 1 amide bonds. The second-order valence-electron chi connectivity index (χ2n) is 5.20. The van der Waals surface area contributed by atoms with Crippen LogP contribution in [-0.2, 0) is 6.61 Å². The van der Waals surface area contributed by atoms with Gasteiger partial charge in [-0.05, 0) is 52.7 Å². The first-order chi connectivity index (χ1) is 11.2. The number of anilines is 1. The number of carbonyl (C=O) groups is 1. The van der Waals surface area contributed by atoms with Gasteiger partial charge >= 0.3 is 0 Å². The number of aliphatic hydroxyl groups excluding tert-OH is 1. The van der Waals surface area contributed by atoms with Gasteiger partial charge in [0, 0.05) is 11.3 Å². The van der Waals surface area contributed by atoms with E-state index >= 15 is 0 Å². The maximum Gasteiger partial charge on any atom is 0.255 e. The molecule has 3 rings (SSSR count). The highest BCUT2D eigenvalue weighted by Gasteiger charge is 2.07. The minimum Gasteiger partial charge on any atom is -0.392 e. The summed E-state index contributed by atoms with van der Waals surface area (Å²) in [6.07, 6.45) is 0. The van der Waals surface area contributed by atoms with E-state index in [0.29, 0.717) is 16.8 Å². The predicted octanol–water partition coefficient (Wildman–Crippen LogP) is 3.46. The van der Waals surface area contributed by atoms with Crippen LogP contribution in [0, 0.1) is 11.3 Å². The number of nitrogens with zero attached hydrogens (tertiary/aromatic N) is 1. The van der Waals surface area contributed by atoms with Crippen LogP contribution in [0.5, 0.6) is 0 Å². The Balaban J connectivity index is 1.84. The summed E-state index contributed by atoms with van der Waals surface area (Å²) in [4.78, 5) is 12.3. The molecule has 0 saturated heterocycles. The predicted molar refractivity (Wildman–Crippen MR) is 89.0 cm³/mol. The standard InChI is InChI=1S/C19H14N2O2/c20-11-14-1-4-16-10-17(6-5-15(16)9-14)19(23)21-18-7-2-13(12-22)3-8-18/h1-10,22H,12H2,(H,21,23). The molecule has 0 aliphatic heterocycles. The first kappa shape index (κ1) is 14.8. The minimum absolute atomic E-state index is 0.0242. The van der Waals surface area contributed by atoms with Crippen molar-refractivity contribution in [3.63, 3.8) is 0 Å². The molecule has 0 aliphatic carbocycles. The third-order valence-corrected chi connectivity index (χ3v) is 3.63. The van der Waals surface area contributed by atoms with Crippen molar-refractivity contribution in [1.82, 2.24) is 0 Å². The molecule has 0 aromatic heterocycles. The molecular formula is C19H14N2O2. The summed E-state index contributed by atoms with van der Waals surface area (Å²) >= 11 is 0. The summed E-state index contributed by atoms with van der Waals surface area (Å²) in [6, 6.07) is 19.9. The van der Waals surface area contributed by atoms with Crippen molar-refractivity contribution in [2.24, 2.45) is 0 Å². The van der Waals surface area contributed by atoms with Crippen molar-refractivity contribution >= 4 is 22.4 Å². The smallest absolute Gasteiger partial charge is 0.255 e. The number of aliphatic hydroxyl groups is 1. The number of nitriles is 1. The molecule has 0 unspecified atom stereocenters. The van der Waals surface area contributed by atoms with E-state index in [2.05, 4.69) is 11.4 Å². The molecule has 3 aromatic carbocycles. The van der Waals surface area contributed by atoms with Gasteiger partial charge in [0.25, 0.3) is 5.91 Å². The van der Waals surface area contributed by atoms with Crippen molar-refractivity contribution in [2.45, 2.75) is 6.61 Å². The summed E-state index contributed by atoms with van der Waals surface area (Å²) in [5.74, 6) is -0.201. The van der Waals surface area contributed by atoms with E-state index < -0.39 is 0 Å². The lowest BCUT2D eigenvalue weighted by Gasteiger charge is -2.07. The number of amides is 1. The summed E-state index contributed by atoms with van der Waals surface area (Å²) in [5, 5.41) is 22.6. The van der Waals surface area contributed by atoms with Crippen LogP contribution >= 0.6 is 0 Å². The maximum atomic E-state index is 12.3. The van der Waals surface area contributed by atoms with E-state index in [9.17, 15) is 4.79 Å². The molecule has 2 N–H and O–H groups in total. The number of nitrogens with one attached hydrogen (secondary N) is 1. The molecule has 0 radical (unpaired) electrons. The van der Waals surface area contributed by atoms with Crippen LogP contribution in [0.25, 0.3) is 10.8 Å². The Morgan fingerprint density at radius 3 is 2.39 bits per heavy atom. The minimum atomic E-state index is -0.201. The maximum absolute atomic E-state index is 12.3. The molecule has 0 spiro atoms. The van der Waals surface area contributed by atoms with Gasteiger partial charge < -0.3 is 10.4 Å². The Morgan fingerprint density at radius 2 is 1.70 bits per heavy atom. The van der Waals surface area contributed by atoms with Crippen LogP contribution in [0.2, 0.25) is 0 Å². The fourth-order valence-corrected chi connectivity index (χ4v) is 2.35. The van der Waals surface area contributed by atoms with Gasteiger partial charge in [-0.3, -0.25) is 4.79 Å². The molecule has 4 heteroatoms. The number of hydrogen-bond acceptors (Lipinski definition) is 3. The van der Waals surface area contributed by atoms with Crippen LogP contribution in [0.3, 0.4) is 0 Å². The molecule has 0 atom stereocenters. The molecule has 0 saturated carbocycles. The Kier molecular flexibility index (Phi) is 4.05. The van der Waals surface area contributed by atoms with Crippen molar-refractivity contribution in [2.75, 3.05) is 5.32 Å². The Hall–Kier alpha value is -3.16. The van der Waals surface area contributed by atoms with Crippen molar-refractivity contribution in [3.05, 3.63) is 77.4 Å². The average molecular weight is 302 g/mol. The molecule has 112 valence electrons. The van der Waals surface area contributed by atoms with Gasteiger partial charge in [-0.1, -0.05) is 24.3 Å². The summed E-state index contributed by atoms with van der Waals surface area (Å²) in [6.45, 7) is -0.0242. The van der Waals surface area contributed by atoms with Gasteiger partial charge in [-0.25, -0.2) is 0 Å². The van der Waals surface area contributed by atoms with Crippen molar-refractivity contribution in [3.8, 4) is 6.07 Å². The highest BCUT2D eigenvalue weighted by molar-refractivity contribution is 6.06. The van der Waals surface area contributed by atoms with E-state index in [1.54, 1.807) is 48.5 Å². The normalized spacial score (nSPS) is 10.3. The van der Waals surface area contributed by atoms with E-state index in [1.807, 2.05) is 12.1 Å². The van der Waals surface area contributed by atoms with Gasteiger partial charge in [-0.2, -0.15) is 5.26 Å². The molecule has 0 fully saturated rings. The fourth-order valence-electron chi connectivity index (χ4n) is 2.35. The number of carbonyl (C=O) groups excluding carboxylic acids is 1. The fraction of sp³-hybridized carbons (Fsp3) is 0.0526. The van der Waals surface area contributed by atoms with Crippen LogP contribution in [-0.4, -0.2) is 11.0 Å². The SMILES string of the molecule is N#Cc1ccc2cc(C(=O)Nc3ccc(CO)cc3)ccc2c1. The van der Waals surface area contributed by atoms with Crippen LogP contribution in [0.1, 0.15) is 21.5 Å². The first-order valence-electron chi connectivity index (χ1n) is 7.14. The molecule has 23 heavy (non-hydrogen) atoms. The third kappa shape index (κ3) is 3.20. The lowest BCUT2D eigenvalue weighted by molar-refractivity contribution is 0.102. The number of hydrogen-bond donors (Lipinski definition) is 2. The summed E-state index contributed by atoms with van der Waals surface area (Å²) in [5.41, 5.74) is 2.61. The highest BCUT2D eigenvalue weighted by Crippen LogP contribution is 2.19. The quantitative estimate of drug-likeness (QED) is 0.778. The average Bonchev–Trinajstić information content (AvgIpc) is 2.61. The lowest BCUT2D eigenvalue weighted by atomic mass is 10.0. The largest absolute Gasteiger partial charge is 0.392 e. The van der Waals surface area contributed by atoms with Crippen molar-refractivity contribution < 1.29 is 9.90 Å². The molecule has 0 aliphatic rings. The lowest BCUT2D eigenvalue weighted by Crippen LogP contribution is -2.11. The van der Waals surface area contributed by atoms with Gasteiger partial charge in [0.15, 0.2) is 0 Å². The Bertz CT molecular complexity index is 909. The van der Waals surface area contributed by atoms with Crippen LogP contribution < -0.4 is 5.32 Å². The Morgan fingerprint density at radius 1 is 1.00 bits per heavy atom. The molecule has 3 aromatic rings. The number of fused-ring (bicyclic) bond motifs is 1. The Labute approximate surface area is 133 Å². The van der Waals surface area contributed by atoms with Gasteiger partial charge in [0.05, 0.1) is 18.2 Å². The third-order valence-electron chi connectivity index (χ3n) is 3.63.